The van der Waals surface area contributed by atoms with Crippen LogP contribution in [0.3, 0.4) is 0 Å². The minimum absolute atomic E-state index is 0.00429. The molecule has 37 heavy (non-hydrogen) atoms. The monoisotopic (exact) mass is 572 g/mol. The summed E-state index contributed by atoms with van der Waals surface area (Å²) in [5.74, 6) is 0.784. The fraction of sp³-hybridized carbons (Fsp3) is 0.667. The van der Waals surface area contributed by atoms with Gasteiger partial charge in [0.25, 0.3) is 5.91 Å². The Morgan fingerprint density at radius 1 is 1.27 bits per heavy atom. The number of hydrogen-bond acceptors (Lipinski definition) is 5. The van der Waals surface area contributed by atoms with Gasteiger partial charge >= 0.3 is 0 Å². The second-order valence-corrected chi connectivity index (χ2v) is 14.5. The molecule has 1 aromatic carbocycles. The normalized spacial score (nSPS) is 28.7. The van der Waals surface area contributed by atoms with Crippen LogP contribution in [0, 0.1) is 17.8 Å². The molecule has 0 bridgehead atoms. The van der Waals surface area contributed by atoms with Gasteiger partial charge in [0.05, 0.1) is 38.4 Å². The van der Waals surface area contributed by atoms with Crippen LogP contribution in [0.15, 0.2) is 24.8 Å². The van der Waals surface area contributed by atoms with Crippen molar-refractivity contribution in [3.8, 4) is 5.75 Å². The van der Waals surface area contributed by atoms with E-state index in [-0.39, 0.29) is 24.5 Å². The Morgan fingerprint density at radius 3 is 2.43 bits per heavy atom. The van der Waals surface area contributed by atoms with Gasteiger partial charge in [-0.3, -0.25) is 4.79 Å². The Morgan fingerprint density at radius 2 is 1.89 bits per heavy atom. The van der Waals surface area contributed by atoms with E-state index in [9.17, 15) is 9.00 Å². The first kappa shape index (κ1) is 28.8. The van der Waals surface area contributed by atoms with Crippen LogP contribution in [0.25, 0.3) is 0 Å². The molecule has 4 rings (SSSR count). The van der Waals surface area contributed by atoms with Crippen molar-refractivity contribution in [3.05, 3.63) is 40.4 Å². The Labute approximate surface area is 232 Å². The molecular weight excluding hydrogens is 535 g/mol. The number of hydrogen-bond donors (Lipinski definition) is 1. The number of benzene rings is 1. The third kappa shape index (κ3) is 6.53. The highest BCUT2D eigenvalue weighted by Gasteiger charge is 2.48. The number of nitrogens with one attached hydrogen (secondary N) is 1. The summed E-state index contributed by atoms with van der Waals surface area (Å²) < 4.78 is 33.6. The summed E-state index contributed by atoms with van der Waals surface area (Å²) in [6, 6.07) is 3.29. The van der Waals surface area contributed by atoms with E-state index < -0.39 is 27.6 Å². The molecule has 2 aliphatic heterocycles. The van der Waals surface area contributed by atoms with Gasteiger partial charge in [-0.1, -0.05) is 35.9 Å². The molecule has 0 spiro atoms. The molecule has 3 unspecified atom stereocenters. The largest absolute Gasteiger partial charge is 0.489 e. The molecule has 3 fully saturated rings. The number of nitrogens with zero attached hydrogens (tertiary/aromatic N) is 1. The van der Waals surface area contributed by atoms with E-state index in [1.54, 1.807) is 12.1 Å². The SMILES string of the molecule is C=CCOc1cc(Cl)c(Cl)cc1C(NS(=O)C(C)(C)C)C1C[C@@H]2CN(C(=O)[C@H]3COC(C)(C)O3)C[C@@H]2C1. The van der Waals surface area contributed by atoms with Gasteiger partial charge in [-0.2, -0.15) is 0 Å². The van der Waals surface area contributed by atoms with Crippen LogP contribution >= 0.6 is 23.2 Å². The lowest BCUT2D eigenvalue weighted by atomic mass is 9.90. The van der Waals surface area contributed by atoms with Crippen molar-refractivity contribution in [2.45, 2.75) is 70.1 Å². The maximum absolute atomic E-state index is 13.3. The van der Waals surface area contributed by atoms with Gasteiger partial charge < -0.3 is 19.1 Å². The summed E-state index contributed by atoms with van der Waals surface area (Å²) in [6.45, 7) is 15.2. The van der Waals surface area contributed by atoms with E-state index in [2.05, 4.69) is 11.3 Å². The minimum atomic E-state index is -1.32. The average Bonchev–Trinajstić information content (AvgIpc) is 3.49. The summed E-state index contributed by atoms with van der Waals surface area (Å²) in [6.07, 6.45) is 2.91. The third-order valence-electron chi connectivity index (χ3n) is 7.39. The van der Waals surface area contributed by atoms with Crippen molar-refractivity contribution in [2.24, 2.45) is 17.8 Å². The molecule has 1 N–H and O–H groups in total. The first-order valence-electron chi connectivity index (χ1n) is 12.8. The molecule has 206 valence electrons. The van der Waals surface area contributed by atoms with Gasteiger partial charge in [0.1, 0.15) is 12.4 Å². The van der Waals surface area contributed by atoms with Crippen LogP contribution in [-0.4, -0.2) is 58.0 Å². The molecule has 1 aromatic rings. The Balaban J connectivity index is 1.54. The van der Waals surface area contributed by atoms with E-state index in [1.807, 2.05) is 45.6 Å². The summed E-state index contributed by atoms with van der Waals surface area (Å²) in [5, 5.41) is 0.825. The van der Waals surface area contributed by atoms with Crippen LogP contribution in [0.5, 0.6) is 5.75 Å². The lowest BCUT2D eigenvalue weighted by Gasteiger charge is -2.31. The van der Waals surface area contributed by atoms with E-state index in [4.69, 9.17) is 37.4 Å². The second kappa shape index (κ2) is 11.1. The molecule has 1 aliphatic carbocycles. The van der Waals surface area contributed by atoms with Crippen molar-refractivity contribution in [3.63, 3.8) is 0 Å². The number of fused-ring (bicyclic) bond motifs is 1. The second-order valence-electron chi connectivity index (χ2n) is 11.7. The summed E-state index contributed by atoms with van der Waals surface area (Å²) in [7, 11) is -1.32. The van der Waals surface area contributed by atoms with Gasteiger partial charge in [-0.15, -0.1) is 0 Å². The molecule has 2 saturated heterocycles. The molecular formula is C27H38Cl2N2O5S. The predicted molar refractivity (Wildman–Crippen MR) is 147 cm³/mol. The smallest absolute Gasteiger partial charge is 0.254 e. The van der Waals surface area contributed by atoms with Gasteiger partial charge in [0, 0.05) is 24.7 Å². The van der Waals surface area contributed by atoms with Crippen molar-refractivity contribution >= 4 is 40.1 Å². The van der Waals surface area contributed by atoms with Crippen LogP contribution in [-0.2, 0) is 25.3 Å². The first-order chi connectivity index (χ1) is 17.3. The predicted octanol–water partition coefficient (Wildman–Crippen LogP) is 5.29. The summed E-state index contributed by atoms with van der Waals surface area (Å²) in [5.41, 5.74) is 0.838. The molecule has 7 nitrogen and oxygen atoms in total. The molecule has 0 aromatic heterocycles. The highest BCUT2D eigenvalue weighted by atomic mass is 35.5. The lowest BCUT2D eigenvalue weighted by Crippen LogP contribution is -2.41. The standard InChI is InChI=1S/C27H38Cl2N2O5S/c1-7-8-34-22-12-21(29)20(28)11-19(22)24(30-37(33)26(2,3)4)16-9-17-13-31(14-18(17)10-16)25(32)23-15-35-27(5,6)36-23/h7,11-12,16-18,23-24,30H,1,8-10,13-15H2,2-6H3/t16?,17-,18+,23-,24?,37?/m1/s1. The average molecular weight is 574 g/mol. The maximum atomic E-state index is 13.3. The number of carbonyl (C=O) groups is 1. The zero-order valence-electron chi connectivity index (χ0n) is 22.2. The molecule has 1 amide bonds. The highest BCUT2D eigenvalue weighted by molar-refractivity contribution is 7.84. The van der Waals surface area contributed by atoms with E-state index in [0.29, 0.717) is 47.3 Å². The minimum Gasteiger partial charge on any atom is -0.489 e. The first-order valence-corrected chi connectivity index (χ1v) is 14.7. The van der Waals surface area contributed by atoms with Crippen LogP contribution < -0.4 is 9.46 Å². The number of amides is 1. The summed E-state index contributed by atoms with van der Waals surface area (Å²) in [4.78, 5) is 15.0. The maximum Gasteiger partial charge on any atom is 0.254 e. The fourth-order valence-electron chi connectivity index (χ4n) is 5.58. The third-order valence-corrected chi connectivity index (χ3v) is 9.69. The topological polar surface area (TPSA) is 77.1 Å². The van der Waals surface area contributed by atoms with Crippen LogP contribution in [0.1, 0.15) is 59.1 Å². The van der Waals surface area contributed by atoms with Crippen LogP contribution in [0.2, 0.25) is 10.0 Å². The molecule has 0 radical (unpaired) electrons. The van der Waals surface area contributed by atoms with Crippen molar-refractivity contribution in [1.29, 1.82) is 0 Å². The van der Waals surface area contributed by atoms with Gasteiger partial charge in [-0.25, -0.2) is 8.93 Å². The van der Waals surface area contributed by atoms with Crippen molar-refractivity contribution < 1.29 is 23.2 Å². The quantitative estimate of drug-likeness (QED) is 0.428. The van der Waals surface area contributed by atoms with E-state index in [0.717, 1.165) is 18.4 Å². The van der Waals surface area contributed by atoms with Crippen molar-refractivity contribution in [2.75, 3.05) is 26.3 Å². The highest BCUT2D eigenvalue weighted by Crippen LogP contribution is 2.49. The molecule has 2 heterocycles. The number of ether oxygens (including phenoxy) is 3. The molecule has 6 atom stereocenters. The fourth-order valence-corrected chi connectivity index (χ4v) is 6.81. The van der Waals surface area contributed by atoms with Crippen LogP contribution in [0.4, 0.5) is 0 Å². The molecule has 10 heteroatoms. The number of halogens is 2. The number of carbonyl (C=O) groups excluding carboxylic acids is 1. The van der Waals surface area contributed by atoms with Gasteiger partial charge in [0.15, 0.2) is 11.9 Å². The van der Waals surface area contributed by atoms with Gasteiger partial charge in [-0.05, 0) is 71.3 Å². The lowest BCUT2D eigenvalue weighted by molar-refractivity contribution is -0.159. The number of rotatable bonds is 8. The van der Waals surface area contributed by atoms with Gasteiger partial charge in [0.2, 0.25) is 0 Å². The van der Waals surface area contributed by atoms with E-state index in [1.165, 1.54) is 0 Å². The summed E-state index contributed by atoms with van der Waals surface area (Å²) >= 11 is 12.8. The Hall–Kier alpha value is -1.16. The molecule has 3 aliphatic rings. The Kier molecular flexibility index (Phi) is 8.68. The zero-order valence-corrected chi connectivity index (χ0v) is 24.5. The van der Waals surface area contributed by atoms with E-state index >= 15 is 0 Å². The van der Waals surface area contributed by atoms with Crippen molar-refractivity contribution in [1.82, 2.24) is 9.62 Å². The number of likely N-dealkylation sites (tertiary alicyclic amines) is 1. The molecule has 1 saturated carbocycles. The zero-order chi connectivity index (χ0) is 27.1. The Bertz CT molecular complexity index is 1050.